The minimum atomic E-state index is -2.43. The number of carbonyl (C=O) groups excluding carboxylic acids is 2. The van der Waals surface area contributed by atoms with Crippen molar-refractivity contribution >= 4 is 23.9 Å². The maximum absolute atomic E-state index is 14.9. The third-order valence-corrected chi connectivity index (χ3v) is 7.11. The number of esters is 2. The van der Waals surface area contributed by atoms with E-state index >= 15 is 0 Å². The van der Waals surface area contributed by atoms with Gasteiger partial charge in [0.25, 0.3) is 0 Å². The highest BCUT2D eigenvalue weighted by molar-refractivity contribution is 5.90. The van der Waals surface area contributed by atoms with Crippen molar-refractivity contribution in [1.82, 2.24) is 0 Å². The van der Waals surface area contributed by atoms with Gasteiger partial charge in [-0.05, 0) is 48.2 Å². The van der Waals surface area contributed by atoms with Gasteiger partial charge in [0, 0.05) is 11.1 Å². The summed E-state index contributed by atoms with van der Waals surface area (Å²) in [5.74, 6) is -9.82. The molecule has 8 nitrogen and oxygen atoms in total. The van der Waals surface area contributed by atoms with Gasteiger partial charge in [-0.2, -0.15) is 0 Å². The molecule has 0 spiro atoms. The van der Waals surface area contributed by atoms with Gasteiger partial charge in [-0.15, -0.1) is 0 Å². The number of hydrogen-bond acceptors (Lipinski definition) is 6. The van der Waals surface area contributed by atoms with Gasteiger partial charge in [-0.1, -0.05) is 84.9 Å². The summed E-state index contributed by atoms with van der Waals surface area (Å²) in [6.07, 6.45) is -4.85. The van der Waals surface area contributed by atoms with E-state index in [1.807, 2.05) is 0 Å². The predicted octanol–water partition coefficient (Wildman–Crippen LogP) is 6.20. The maximum Gasteiger partial charge on any atom is 0.349 e. The molecule has 4 aromatic carbocycles. The average molecular weight is 603 g/mol. The van der Waals surface area contributed by atoms with Gasteiger partial charge in [-0.25, -0.2) is 18.4 Å². The van der Waals surface area contributed by atoms with Crippen LogP contribution in [0.1, 0.15) is 36.8 Å². The summed E-state index contributed by atoms with van der Waals surface area (Å²) >= 11 is 0. The molecule has 0 fully saturated rings. The Labute approximate surface area is 251 Å². The number of ether oxygens (including phenoxy) is 2. The van der Waals surface area contributed by atoms with Crippen LogP contribution in [0.3, 0.4) is 0 Å². The molecule has 2 N–H and O–H groups in total. The molecule has 0 bridgehead atoms. The van der Waals surface area contributed by atoms with E-state index in [9.17, 15) is 38.2 Å². The Bertz CT molecular complexity index is 1550. The van der Waals surface area contributed by atoms with Crippen LogP contribution in [0, 0.1) is 11.6 Å². The molecule has 226 valence electrons. The van der Waals surface area contributed by atoms with Crippen LogP contribution in [0.4, 0.5) is 8.78 Å². The number of hydrogen-bond donors (Lipinski definition) is 2. The van der Waals surface area contributed by atoms with Crippen LogP contribution in [0.15, 0.2) is 97.1 Å². The zero-order valence-corrected chi connectivity index (χ0v) is 23.6. The lowest BCUT2D eigenvalue weighted by Gasteiger charge is -2.24. The second kappa shape index (κ2) is 13.7. The van der Waals surface area contributed by atoms with E-state index in [0.717, 1.165) is 12.1 Å². The van der Waals surface area contributed by atoms with Crippen LogP contribution in [0.25, 0.3) is 22.3 Å². The van der Waals surface area contributed by atoms with Crippen molar-refractivity contribution in [1.29, 1.82) is 0 Å². The molecule has 4 rings (SSSR count). The number of benzene rings is 4. The Morgan fingerprint density at radius 2 is 0.909 bits per heavy atom. The normalized spacial score (nSPS) is 13.6. The second-order valence-electron chi connectivity index (χ2n) is 10.0. The molecule has 0 aliphatic rings. The minimum Gasteiger partial charge on any atom is -0.478 e. The standard InChI is InChI=1S/C34H28F2O8/c1-19(23-13-15-25(27(35)17-23)21-9-5-3-6-10-21)33(41)43-29(31(37)38)30(32(39)40)44-34(42)20(2)24-14-16-26(28(36)18-24)22-11-7-4-8-12-22/h3-20,29-30H,1-2H3,(H,37,38)(H,39,40)/t19?,20?,29-,30-/m1/s1. The largest absolute Gasteiger partial charge is 0.478 e. The molecule has 0 amide bonds. The van der Waals surface area contributed by atoms with Gasteiger partial charge in [0.05, 0.1) is 11.8 Å². The van der Waals surface area contributed by atoms with E-state index in [2.05, 4.69) is 0 Å². The Morgan fingerprint density at radius 3 is 1.20 bits per heavy atom. The number of rotatable bonds is 11. The van der Waals surface area contributed by atoms with Gasteiger partial charge in [0.15, 0.2) is 0 Å². The first-order valence-electron chi connectivity index (χ1n) is 13.5. The van der Waals surface area contributed by atoms with Crippen LogP contribution in [-0.4, -0.2) is 46.3 Å². The van der Waals surface area contributed by atoms with Crippen LogP contribution in [0.2, 0.25) is 0 Å². The number of carbonyl (C=O) groups is 4. The summed E-state index contributed by atoms with van der Waals surface area (Å²) in [4.78, 5) is 49.8. The predicted molar refractivity (Wildman–Crippen MR) is 156 cm³/mol. The summed E-state index contributed by atoms with van der Waals surface area (Å²) in [7, 11) is 0. The molecule has 0 aliphatic heterocycles. The van der Waals surface area contributed by atoms with Gasteiger partial charge in [-0.3, -0.25) is 9.59 Å². The zero-order valence-electron chi connectivity index (χ0n) is 23.6. The number of carboxylic acids is 2. The Morgan fingerprint density at radius 1 is 0.568 bits per heavy atom. The third-order valence-electron chi connectivity index (χ3n) is 7.11. The van der Waals surface area contributed by atoms with Gasteiger partial charge in [0.2, 0.25) is 12.2 Å². The fourth-order valence-electron chi connectivity index (χ4n) is 4.52. The Hall–Kier alpha value is -5.38. The summed E-state index contributed by atoms with van der Waals surface area (Å²) in [6, 6.07) is 25.4. The summed E-state index contributed by atoms with van der Waals surface area (Å²) in [5.41, 5.74) is 2.06. The monoisotopic (exact) mass is 602 g/mol. The lowest BCUT2D eigenvalue weighted by Crippen LogP contribution is -2.46. The van der Waals surface area contributed by atoms with Crippen molar-refractivity contribution in [3.63, 3.8) is 0 Å². The lowest BCUT2D eigenvalue weighted by molar-refractivity contribution is -0.188. The summed E-state index contributed by atoms with van der Waals surface area (Å²) in [6.45, 7) is 2.66. The molecular weight excluding hydrogens is 574 g/mol. The van der Waals surface area contributed by atoms with Crippen molar-refractivity contribution in [2.24, 2.45) is 0 Å². The Kier molecular flexibility index (Phi) is 9.85. The molecule has 4 aromatic rings. The molecule has 0 saturated carbocycles. The van der Waals surface area contributed by atoms with Crippen LogP contribution >= 0.6 is 0 Å². The summed E-state index contributed by atoms with van der Waals surface area (Å²) in [5, 5.41) is 19.4. The van der Waals surface area contributed by atoms with Crippen molar-refractivity contribution < 1.29 is 47.6 Å². The first-order valence-corrected chi connectivity index (χ1v) is 13.5. The minimum absolute atomic E-state index is 0.148. The maximum atomic E-state index is 14.9. The molecule has 0 saturated heterocycles. The molecule has 0 heterocycles. The first-order chi connectivity index (χ1) is 21.0. The third kappa shape index (κ3) is 7.15. The quantitative estimate of drug-likeness (QED) is 0.194. The van der Waals surface area contributed by atoms with Crippen molar-refractivity contribution in [3.05, 3.63) is 120 Å². The molecule has 10 heteroatoms. The van der Waals surface area contributed by atoms with Gasteiger partial charge in [0.1, 0.15) is 11.6 Å². The van der Waals surface area contributed by atoms with Crippen LogP contribution < -0.4 is 0 Å². The molecule has 4 atom stereocenters. The average Bonchev–Trinajstić information content (AvgIpc) is 3.02. The van der Waals surface area contributed by atoms with Crippen LogP contribution in [0.5, 0.6) is 0 Å². The molecule has 0 radical (unpaired) electrons. The van der Waals surface area contributed by atoms with E-state index < -0.39 is 59.6 Å². The molecular formula is C34H28F2O8. The fraction of sp³-hybridized carbons (Fsp3) is 0.176. The number of carboxylic acid groups (broad SMARTS) is 2. The molecule has 44 heavy (non-hydrogen) atoms. The van der Waals surface area contributed by atoms with E-state index in [0.29, 0.717) is 11.1 Å². The van der Waals surface area contributed by atoms with Crippen LogP contribution in [-0.2, 0) is 28.7 Å². The SMILES string of the molecule is CC(C(=O)O[C@@H](C(=O)O)[C@@H](OC(=O)C(C)c1ccc(-c2ccccc2)c(F)c1)C(=O)O)c1ccc(-c2ccccc2)c(F)c1. The Balaban J connectivity index is 1.48. The smallest absolute Gasteiger partial charge is 0.349 e. The highest BCUT2D eigenvalue weighted by Gasteiger charge is 2.42. The molecule has 0 aliphatic carbocycles. The highest BCUT2D eigenvalue weighted by Crippen LogP contribution is 2.29. The molecule has 0 aromatic heterocycles. The number of aliphatic carboxylic acids is 2. The van der Waals surface area contributed by atoms with E-state index in [4.69, 9.17) is 9.47 Å². The van der Waals surface area contributed by atoms with Crippen molar-refractivity contribution in [3.8, 4) is 22.3 Å². The molecule has 2 unspecified atom stereocenters. The van der Waals surface area contributed by atoms with E-state index in [1.165, 1.54) is 38.1 Å². The van der Waals surface area contributed by atoms with E-state index in [1.54, 1.807) is 60.7 Å². The topological polar surface area (TPSA) is 127 Å². The first kappa shape index (κ1) is 31.6. The highest BCUT2D eigenvalue weighted by atomic mass is 19.1. The second-order valence-corrected chi connectivity index (χ2v) is 10.0. The number of halogens is 2. The van der Waals surface area contributed by atoms with Gasteiger partial charge >= 0.3 is 23.9 Å². The van der Waals surface area contributed by atoms with Crippen molar-refractivity contribution in [2.45, 2.75) is 37.9 Å². The zero-order chi connectivity index (χ0) is 32.0. The lowest BCUT2D eigenvalue weighted by atomic mass is 9.96. The summed E-state index contributed by atoms with van der Waals surface area (Å²) < 4.78 is 39.7. The van der Waals surface area contributed by atoms with E-state index in [-0.39, 0.29) is 22.3 Å². The fourth-order valence-corrected chi connectivity index (χ4v) is 4.52. The van der Waals surface area contributed by atoms with Crippen molar-refractivity contribution in [2.75, 3.05) is 0 Å². The van der Waals surface area contributed by atoms with Gasteiger partial charge < -0.3 is 19.7 Å².